The highest BCUT2D eigenvalue weighted by Gasteiger charge is 2.26. The van der Waals surface area contributed by atoms with Crippen LogP contribution in [-0.2, 0) is 16.1 Å². The van der Waals surface area contributed by atoms with Crippen LogP contribution in [-0.4, -0.2) is 24.1 Å². The quantitative estimate of drug-likeness (QED) is 0.788. The molecular weight excluding hydrogens is 180 g/mol. The summed E-state index contributed by atoms with van der Waals surface area (Å²) in [4.78, 5) is 0. The molecule has 3 nitrogen and oxygen atoms in total. The first-order valence-electron chi connectivity index (χ1n) is 4.81. The van der Waals surface area contributed by atoms with Gasteiger partial charge in [-0.15, -0.1) is 0 Å². The Labute approximate surface area is 83.3 Å². The molecule has 1 N–H and O–H groups in total. The Morgan fingerprint density at radius 1 is 1.36 bits per heavy atom. The number of rotatable bonds is 3. The van der Waals surface area contributed by atoms with Crippen molar-refractivity contribution in [2.24, 2.45) is 0 Å². The van der Waals surface area contributed by atoms with E-state index in [9.17, 15) is 5.11 Å². The van der Waals surface area contributed by atoms with Crippen molar-refractivity contribution in [3.05, 3.63) is 35.9 Å². The van der Waals surface area contributed by atoms with Gasteiger partial charge in [-0.2, -0.15) is 0 Å². The lowest BCUT2D eigenvalue weighted by molar-refractivity contribution is -0.131. The number of hydrogen-bond acceptors (Lipinski definition) is 3. The lowest BCUT2D eigenvalue weighted by Gasteiger charge is -2.13. The summed E-state index contributed by atoms with van der Waals surface area (Å²) in [6, 6.07) is 9.92. The van der Waals surface area contributed by atoms with E-state index in [1.807, 2.05) is 30.3 Å². The fourth-order valence-corrected chi connectivity index (χ4v) is 1.50. The molecule has 3 heteroatoms. The summed E-state index contributed by atoms with van der Waals surface area (Å²) < 4.78 is 10.5. The molecule has 1 saturated heterocycles. The monoisotopic (exact) mass is 194 g/mol. The van der Waals surface area contributed by atoms with Crippen LogP contribution in [0.5, 0.6) is 0 Å². The minimum atomic E-state index is -0.751. The van der Waals surface area contributed by atoms with Gasteiger partial charge in [-0.3, -0.25) is 0 Å². The summed E-state index contributed by atoms with van der Waals surface area (Å²) in [6.45, 7) is 1.12. The van der Waals surface area contributed by atoms with Gasteiger partial charge in [-0.1, -0.05) is 30.3 Å². The number of ether oxygens (including phenoxy) is 2. The maximum atomic E-state index is 9.32. The molecule has 0 saturated carbocycles. The van der Waals surface area contributed by atoms with Gasteiger partial charge in [-0.05, 0) is 5.56 Å². The highest BCUT2D eigenvalue weighted by molar-refractivity contribution is 5.13. The van der Waals surface area contributed by atoms with Gasteiger partial charge in [-0.25, -0.2) is 0 Å². The van der Waals surface area contributed by atoms with E-state index in [0.717, 1.165) is 12.0 Å². The summed E-state index contributed by atoms with van der Waals surface area (Å²) in [5.41, 5.74) is 1.12. The number of benzene rings is 1. The van der Waals surface area contributed by atoms with Crippen molar-refractivity contribution < 1.29 is 14.6 Å². The van der Waals surface area contributed by atoms with Gasteiger partial charge in [0.25, 0.3) is 0 Å². The number of hydrogen-bond donors (Lipinski definition) is 1. The number of aliphatic hydroxyl groups is 1. The predicted octanol–water partition coefficient (Wildman–Crippen LogP) is 1.31. The van der Waals surface area contributed by atoms with Crippen molar-refractivity contribution in [3.63, 3.8) is 0 Å². The highest BCUT2D eigenvalue weighted by atomic mass is 16.6. The largest absolute Gasteiger partial charge is 0.368 e. The van der Waals surface area contributed by atoms with Crippen LogP contribution in [0.25, 0.3) is 0 Å². The third-order valence-electron chi connectivity index (χ3n) is 2.32. The molecule has 0 aliphatic carbocycles. The standard InChI is InChI=1S/C11H14O3/c12-11-10(6-7-13-11)14-8-9-4-2-1-3-5-9/h1-5,10-12H,6-8H2. The minimum absolute atomic E-state index is 0.171. The van der Waals surface area contributed by atoms with E-state index in [1.165, 1.54) is 0 Å². The first-order chi connectivity index (χ1) is 6.86. The SMILES string of the molecule is OC1OCCC1OCc1ccccc1. The van der Waals surface area contributed by atoms with Crippen LogP contribution in [0.3, 0.4) is 0 Å². The fourth-order valence-electron chi connectivity index (χ4n) is 1.50. The normalized spacial score (nSPS) is 26.6. The third kappa shape index (κ3) is 2.32. The molecule has 0 amide bonds. The van der Waals surface area contributed by atoms with Gasteiger partial charge < -0.3 is 14.6 Å². The highest BCUT2D eigenvalue weighted by Crippen LogP contribution is 2.16. The Morgan fingerprint density at radius 2 is 2.14 bits per heavy atom. The molecule has 0 aromatic heterocycles. The minimum Gasteiger partial charge on any atom is -0.368 e. The molecule has 0 bridgehead atoms. The molecule has 1 aromatic rings. The molecule has 0 radical (unpaired) electrons. The molecule has 1 aliphatic rings. The average Bonchev–Trinajstić information content (AvgIpc) is 2.63. The summed E-state index contributed by atoms with van der Waals surface area (Å²) in [6.07, 6.45) is -0.150. The third-order valence-corrected chi connectivity index (χ3v) is 2.32. The van der Waals surface area contributed by atoms with Gasteiger partial charge in [0, 0.05) is 6.42 Å². The molecule has 2 unspecified atom stereocenters. The van der Waals surface area contributed by atoms with E-state index in [1.54, 1.807) is 0 Å². The van der Waals surface area contributed by atoms with Crippen molar-refractivity contribution in [2.75, 3.05) is 6.61 Å². The topological polar surface area (TPSA) is 38.7 Å². The van der Waals surface area contributed by atoms with Crippen molar-refractivity contribution in [1.82, 2.24) is 0 Å². The van der Waals surface area contributed by atoms with Gasteiger partial charge in [0.1, 0.15) is 6.10 Å². The van der Waals surface area contributed by atoms with Crippen molar-refractivity contribution >= 4 is 0 Å². The zero-order valence-corrected chi connectivity index (χ0v) is 7.93. The van der Waals surface area contributed by atoms with E-state index in [0.29, 0.717) is 13.2 Å². The van der Waals surface area contributed by atoms with Gasteiger partial charge in [0.15, 0.2) is 6.29 Å². The molecular formula is C11H14O3. The molecule has 14 heavy (non-hydrogen) atoms. The van der Waals surface area contributed by atoms with E-state index < -0.39 is 6.29 Å². The van der Waals surface area contributed by atoms with E-state index in [2.05, 4.69) is 0 Å². The van der Waals surface area contributed by atoms with E-state index in [-0.39, 0.29) is 6.10 Å². The summed E-state index contributed by atoms with van der Waals surface area (Å²) in [5, 5.41) is 9.32. The Morgan fingerprint density at radius 3 is 2.79 bits per heavy atom. The molecule has 1 aromatic carbocycles. The van der Waals surface area contributed by atoms with Crippen molar-refractivity contribution in [3.8, 4) is 0 Å². The zero-order valence-electron chi connectivity index (χ0n) is 7.93. The second-order valence-electron chi connectivity index (χ2n) is 3.39. The first-order valence-corrected chi connectivity index (χ1v) is 4.81. The molecule has 76 valence electrons. The Bertz CT molecular complexity index is 273. The van der Waals surface area contributed by atoms with Gasteiger partial charge in [0.05, 0.1) is 13.2 Å². The maximum Gasteiger partial charge on any atom is 0.181 e. The second-order valence-corrected chi connectivity index (χ2v) is 3.39. The Balaban J connectivity index is 1.82. The lowest BCUT2D eigenvalue weighted by atomic mass is 10.2. The van der Waals surface area contributed by atoms with Crippen LogP contribution in [0.2, 0.25) is 0 Å². The maximum absolute atomic E-state index is 9.32. The van der Waals surface area contributed by atoms with Crippen LogP contribution >= 0.6 is 0 Å². The number of aliphatic hydroxyl groups excluding tert-OH is 1. The smallest absolute Gasteiger partial charge is 0.181 e. The Hall–Kier alpha value is -0.900. The molecule has 2 atom stereocenters. The van der Waals surface area contributed by atoms with Crippen LogP contribution in [0, 0.1) is 0 Å². The van der Waals surface area contributed by atoms with Crippen LogP contribution in [0.15, 0.2) is 30.3 Å². The lowest BCUT2D eigenvalue weighted by Crippen LogP contribution is -2.23. The summed E-state index contributed by atoms with van der Waals surface area (Å²) in [5.74, 6) is 0. The van der Waals surface area contributed by atoms with Crippen LogP contribution in [0.1, 0.15) is 12.0 Å². The second kappa shape index (κ2) is 4.55. The van der Waals surface area contributed by atoms with E-state index >= 15 is 0 Å². The molecule has 1 aliphatic heterocycles. The fraction of sp³-hybridized carbons (Fsp3) is 0.455. The molecule has 1 heterocycles. The van der Waals surface area contributed by atoms with E-state index in [4.69, 9.17) is 9.47 Å². The molecule has 0 spiro atoms. The van der Waals surface area contributed by atoms with Crippen molar-refractivity contribution in [1.29, 1.82) is 0 Å². The molecule has 2 rings (SSSR count). The van der Waals surface area contributed by atoms with Crippen molar-refractivity contribution in [2.45, 2.75) is 25.4 Å². The zero-order chi connectivity index (χ0) is 9.80. The average molecular weight is 194 g/mol. The predicted molar refractivity (Wildman–Crippen MR) is 51.6 cm³/mol. The van der Waals surface area contributed by atoms with Crippen LogP contribution in [0.4, 0.5) is 0 Å². The van der Waals surface area contributed by atoms with Gasteiger partial charge in [0.2, 0.25) is 0 Å². The Kier molecular flexibility index (Phi) is 3.14. The first kappa shape index (κ1) is 9.65. The van der Waals surface area contributed by atoms with Gasteiger partial charge >= 0.3 is 0 Å². The van der Waals surface area contributed by atoms with Crippen LogP contribution < -0.4 is 0 Å². The summed E-state index contributed by atoms with van der Waals surface area (Å²) >= 11 is 0. The summed E-state index contributed by atoms with van der Waals surface area (Å²) in [7, 11) is 0. The molecule has 1 fully saturated rings.